The molecule has 5 heteroatoms. The van der Waals surface area contributed by atoms with Gasteiger partial charge < -0.3 is 9.47 Å². The van der Waals surface area contributed by atoms with Gasteiger partial charge in [-0.1, -0.05) is 48.0 Å². The van der Waals surface area contributed by atoms with E-state index in [2.05, 4.69) is 17.1 Å². The van der Waals surface area contributed by atoms with E-state index >= 15 is 0 Å². The van der Waals surface area contributed by atoms with Crippen LogP contribution in [0, 0.1) is 0 Å². The molecule has 0 spiro atoms. The van der Waals surface area contributed by atoms with Crippen LogP contribution in [0.4, 0.5) is 4.79 Å². The van der Waals surface area contributed by atoms with Crippen LogP contribution in [-0.2, 0) is 22.5 Å². The van der Waals surface area contributed by atoms with Crippen molar-refractivity contribution < 1.29 is 14.3 Å². The number of pyridine rings is 1. The molecule has 0 aliphatic carbocycles. The van der Waals surface area contributed by atoms with Gasteiger partial charge in [-0.3, -0.25) is 9.88 Å². The van der Waals surface area contributed by atoms with Crippen LogP contribution in [0.3, 0.4) is 0 Å². The number of carbonyl (C=O) groups is 1. The van der Waals surface area contributed by atoms with Crippen LogP contribution < -0.4 is 0 Å². The van der Waals surface area contributed by atoms with E-state index in [4.69, 9.17) is 9.47 Å². The zero-order chi connectivity index (χ0) is 18.5. The van der Waals surface area contributed by atoms with Crippen molar-refractivity contribution in [3.63, 3.8) is 0 Å². The molecule has 1 aromatic carbocycles. The molecule has 3 heterocycles. The number of hydrogen-bond acceptors (Lipinski definition) is 4. The number of hydrogen-bond donors (Lipinski definition) is 0. The van der Waals surface area contributed by atoms with Gasteiger partial charge in [0, 0.05) is 11.9 Å². The number of nitrogens with zero attached hydrogens (tertiary/aromatic N) is 2. The Morgan fingerprint density at radius 3 is 2.74 bits per heavy atom. The lowest BCUT2D eigenvalue weighted by molar-refractivity contribution is -0.0375. The van der Waals surface area contributed by atoms with Crippen LogP contribution in [0.25, 0.3) is 0 Å². The smallest absolute Gasteiger partial charge is 0.411 e. The molecule has 27 heavy (non-hydrogen) atoms. The Morgan fingerprint density at radius 2 is 1.96 bits per heavy atom. The van der Waals surface area contributed by atoms with Crippen molar-refractivity contribution in [1.29, 1.82) is 0 Å². The Morgan fingerprint density at radius 1 is 1.11 bits per heavy atom. The van der Waals surface area contributed by atoms with E-state index in [0.29, 0.717) is 19.8 Å². The van der Waals surface area contributed by atoms with Crippen molar-refractivity contribution in [2.75, 3.05) is 13.2 Å². The van der Waals surface area contributed by atoms with Gasteiger partial charge in [-0.25, -0.2) is 4.79 Å². The first-order valence-corrected chi connectivity index (χ1v) is 9.46. The molecule has 4 rings (SSSR count). The second-order valence-corrected chi connectivity index (χ2v) is 7.06. The minimum Gasteiger partial charge on any atom is -0.445 e. The number of rotatable bonds is 5. The Balaban J connectivity index is 1.38. The van der Waals surface area contributed by atoms with Crippen molar-refractivity contribution in [3.05, 3.63) is 77.6 Å². The molecule has 140 valence electrons. The number of ether oxygens (including phenoxy) is 2. The summed E-state index contributed by atoms with van der Waals surface area (Å²) in [7, 11) is 0. The Labute approximate surface area is 159 Å². The molecule has 2 bridgehead atoms. The van der Waals surface area contributed by atoms with E-state index in [1.807, 2.05) is 53.6 Å². The predicted octanol–water partition coefficient (Wildman–Crippen LogP) is 3.75. The van der Waals surface area contributed by atoms with Crippen molar-refractivity contribution >= 4 is 6.09 Å². The largest absolute Gasteiger partial charge is 0.445 e. The molecular weight excluding hydrogens is 340 g/mol. The number of carbonyl (C=O) groups excluding carboxylic acids is 1. The van der Waals surface area contributed by atoms with Gasteiger partial charge in [0.05, 0.1) is 25.3 Å². The fourth-order valence-corrected chi connectivity index (χ4v) is 3.78. The lowest BCUT2D eigenvalue weighted by atomic mass is 9.91. The first-order valence-electron chi connectivity index (χ1n) is 9.46. The van der Waals surface area contributed by atoms with Gasteiger partial charge in [0.2, 0.25) is 0 Å². The summed E-state index contributed by atoms with van der Waals surface area (Å²) in [6, 6.07) is 15.8. The molecule has 1 aromatic heterocycles. The number of aromatic nitrogens is 1. The van der Waals surface area contributed by atoms with Gasteiger partial charge >= 0.3 is 6.09 Å². The molecule has 0 radical (unpaired) electrons. The van der Waals surface area contributed by atoms with Crippen molar-refractivity contribution in [2.45, 2.75) is 38.0 Å². The number of morpholine rings is 1. The Kier molecular flexibility index (Phi) is 5.49. The Bertz CT molecular complexity index is 792. The summed E-state index contributed by atoms with van der Waals surface area (Å²) in [6.45, 7) is 1.40. The van der Waals surface area contributed by atoms with Crippen LogP contribution in [0.2, 0.25) is 0 Å². The third kappa shape index (κ3) is 4.37. The lowest BCUT2D eigenvalue weighted by Crippen LogP contribution is -2.56. The molecule has 1 saturated heterocycles. The van der Waals surface area contributed by atoms with Crippen LogP contribution in [0.1, 0.15) is 24.1 Å². The predicted molar refractivity (Wildman–Crippen MR) is 102 cm³/mol. The third-order valence-electron chi connectivity index (χ3n) is 5.12. The molecule has 0 saturated carbocycles. The maximum Gasteiger partial charge on any atom is 0.411 e. The number of fused-ring (bicyclic) bond motifs is 2. The van der Waals surface area contributed by atoms with Gasteiger partial charge in [0.25, 0.3) is 0 Å². The molecule has 2 atom stereocenters. The van der Waals surface area contributed by atoms with E-state index in [1.165, 1.54) is 5.57 Å². The maximum atomic E-state index is 12.7. The zero-order valence-electron chi connectivity index (χ0n) is 15.3. The van der Waals surface area contributed by atoms with E-state index in [-0.39, 0.29) is 18.2 Å². The normalized spacial score (nSPS) is 21.5. The summed E-state index contributed by atoms with van der Waals surface area (Å²) in [5, 5.41) is 0. The van der Waals surface area contributed by atoms with Crippen molar-refractivity contribution in [1.82, 2.24) is 9.88 Å². The Hall–Kier alpha value is -2.66. The number of amides is 1. The molecule has 5 nitrogen and oxygen atoms in total. The maximum absolute atomic E-state index is 12.7. The van der Waals surface area contributed by atoms with Crippen molar-refractivity contribution in [3.8, 4) is 0 Å². The highest BCUT2D eigenvalue weighted by atomic mass is 16.6. The summed E-state index contributed by atoms with van der Waals surface area (Å²) in [4.78, 5) is 18.9. The summed E-state index contributed by atoms with van der Waals surface area (Å²) in [5.74, 6) is 0. The van der Waals surface area contributed by atoms with E-state index < -0.39 is 0 Å². The molecule has 1 fully saturated rings. The average molecular weight is 364 g/mol. The third-order valence-corrected chi connectivity index (χ3v) is 5.12. The van der Waals surface area contributed by atoms with Crippen LogP contribution >= 0.6 is 0 Å². The SMILES string of the molecule is O=C(OCc1ccccc1)N1C2C=C(CCc3ccccn3)CC1COC2. The van der Waals surface area contributed by atoms with Crippen molar-refractivity contribution in [2.24, 2.45) is 0 Å². The highest BCUT2D eigenvalue weighted by Gasteiger charge is 2.38. The fraction of sp³-hybridized carbons (Fsp3) is 0.364. The summed E-state index contributed by atoms with van der Waals surface area (Å²) in [6.07, 6.45) is 6.49. The van der Waals surface area contributed by atoms with Crippen LogP contribution in [0.15, 0.2) is 66.4 Å². The lowest BCUT2D eigenvalue weighted by Gasteiger charge is -2.43. The first-order chi connectivity index (χ1) is 13.3. The monoisotopic (exact) mass is 364 g/mol. The molecule has 2 unspecified atom stereocenters. The van der Waals surface area contributed by atoms with Crippen LogP contribution in [-0.4, -0.2) is 41.3 Å². The zero-order valence-corrected chi connectivity index (χ0v) is 15.3. The molecule has 0 N–H and O–H groups in total. The summed E-state index contributed by atoms with van der Waals surface area (Å²) in [5.41, 5.74) is 3.48. The van der Waals surface area contributed by atoms with Gasteiger partial charge in [-0.2, -0.15) is 0 Å². The van der Waals surface area contributed by atoms with Gasteiger partial charge in [-0.05, 0) is 37.0 Å². The minimum atomic E-state index is -0.253. The van der Waals surface area contributed by atoms with E-state index in [9.17, 15) is 4.79 Å². The average Bonchev–Trinajstić information content (AvgIpc) is 2.71. The molecule has 2 aliphatic rings. The molecule has 2 aromatic rings. The second-order valence-electron chi connectivity index (χ2n) is 7.06. The quantitative estimate of drug-likeness (QED) is 0.758. The molecule has 2 aliphatic heterocycles. The van der Waals surface area contributed by atoms with E-state index in [0.717, 1.165) is 30.5 Å². The van der Waals surface area contributed by atoms with Gasteiger partial charge in [-0.15, -0.1) is 0 Å². The van der Waals surface area contributed by atoms with Gasteiger partial charge in [0.15, 0.2) is 0 Å². The molecular formula is C22H24N2O3. The highest BCUT2D eigenvalue weighted by Crippen LogP contribution is 2.30. The second kappa shape index (κ2) is 8.35. The summed E-state index contributed by atoms with van der Waals surface area (Å²) < 4.78 is 11.2. The minimum absolute atomic E-state index is 0.0421. The topological polar surface area (TPSA) is 51.7 Å². The first kappa shape index (κ1) is 17.7. The van der Waals surface area contributed by atoms with Gasteiger partial charge in [0.1, 0.15) is 6.61 Å². The number of aryl methyl sites for hydroxylation is 1. The highest BCUT2D eigenvalue weighted by molar-refractivity contribution is 5.69. The number of benzene rings is 1. The molecule has 1 amide bonds. The van der Waals surface area contributed by atoms with Crippen LogP contribution in [0.5, 0.6) is 0 Å². The van der Waals surface area contributed by atoms with E-state index in [1.54, 1.807) is 0 Å². The summed E-state index contributed by atoms with van der Waals surface area (Å²) >= 11 is 0. The fourth-order valence-electron chi connectivity index (χ4n) is 3.78. The standard InChI is InChI=1S/C22H24N2O3/c25-22(27-14-17-6-2-1-3-7-17)24-20-12-18(13-21(24)16-26-15-20)9-10-19-8-4-5-11-23-19/h1-8,11-12,20-21H,9-10,13-16H2.